The molecule has 8 nitrogen and oxygen atoms in total. The highest BCUT2D eigenvalue weighted by atomic mass is 31.1. The third-order valence-electron chi connectivity index (χ3n) is 1.76. The molecular formula is C10H14N3O5P. The van der Waals surface area contributed by atoms with Gasteiger partial charge in [0.25, 0.3) is 5.69 Å². The first kappa shape index (κ1) is 15.3. The third-order valence-corrected chi connectivity index (χ3v) is 2.39. The van der Waals surface area contributed by atoms with Gasteiger partial charge in [0.2, 0.25) is 5.88 Å². The summed E-state index contributed by atoms with van der Waals surface area (Å²) in [5.41, 5.74) is -0.107. The number of hydrogen-bond acceptors (Lipinski definition) is 7. The van der Waals surface area contributed by atoms with Crippen molar-refractivity contribution in [2.75, 3.05) is 6.54 Å². The maximum atomic E-state index is 11.2. The molecule has 0 aliphatic rings. The van der Waals surface area contributed by atoms with Gasteiger partial charge in [-0.15, -0.1) is 0 Å². The van der Waals surface area contributed by atoms with E-state index in [1.54, 1.807) is 13.8 Å². The molecule has 1 heterocycles. The Morgan fingerprint density at radius 2 is 2.32 bits per heavy atom. The molecule has 0 saturated heterocycles. The van der Waals surface area contributed by atoms with Crippen LogP contribution in [0.4, 0.5) is 5.69 Å². The molecule has 1 N–H and O–H groups in total. The Labute approximate surface area is 111 Å². The summed E-state index contributed by atoms with van der Waals surface area (Å²) in [5, 5.41) is 13.1. The molecule has 0 saturated carbocycles. The normalized spacial score (nSPS) is 10.9. The van der Waals surface area contributed by atoms with Crippen LogP contribution in [0.15, 0.2) is 18.3 Å². The Morgan fingerprint density at radius 3 is 2.84 bits per heavy atom. The van der Waals surface area contributed by atoms with E-state index in [9.17, 15) is 14.9 Å². The van der Waals surface area contributed by atoms with Gasteiger partial charge in [0.15, 0.2) is 0 Å². The first-order valence-electron chi connectivity index (χ1n) is 5.43. The highest BCUT2D eigenvalue weighted by molar-refractivity contribution is 7.30. The number of pyridine rings is 1. The summed E-state index contributed by atoms with van der Waals surface area (Å²) in [4.78, 5) is 24.8. The number of nitrogens with zero attached hydrogens (tertiary/aromatic N) is 2. The maximum Gasteiger partial charge on any atom is 0.320 e. The van der Waals surface area contributed by atoms with Crippen molar-refractivity contribution >= 4 is 20.6 Å². The number of hydrogen-bond donors (Lipinski definition) is 1. The molecule has 0 bridgehead atoms. The lowest BCUT2D eigenvalue weighted by molar-refractivity contribution is -0.385. The Kier molecular flexibility index (Phi) is 6.11. The van der Waals surface area contributed by atoms with Crippen LogP contribution in [0.5, 0.6) is 5.88 Å². The summed E-state index contributed by atoms with van der Waals surface area (Å²) in [7, 11) is -0.193. The second-order valence-corrected chi connectivity index (χ2v) is 4.47. The fraction of sp³-hybridized carbons (Fsp3) is 0.400. The molecule has 0 radical (unpaired) electrons. The van der Waals surface area contributed by atoms with Crippen LogP contribution < -0.4 is 9.61 Å². The average Bonchev–Trinajstić information content (AvgIpc) is 2.34. The van der Waals surface area contributed by atoms with Crippen LogP contribution in [0, 0.1) is 10.1 Å². The number of nitro groups is 1. The number of carbonyl (C=O) groups is 1. The van der Waals surface area contributed by atoms with E-state index in [2.05, 4.69) is 10.1 Å². The Morgan fingerprint density at radius 1 is 1.58 bits per heavy atom. The van der Waals surface area contributed by atoms with Gasteiger partial charge in [-0.2, -0.15) is 0 Å². The summed E-state index contributed by atoms with van der Waals surface area (Å²) in [6.45, 7) is 3.55. The molecule has 1 atom stereocenters. The zero-order valence-electron chi connectivity index (χ0n) is 10.5. The molecule has 1 rings (SSSR count). The Hall–Kier alpha value is -1.79. The number of carbonyl (C=O) groups excluding carboxylic acids is 1. The Bertz CT molecular complexity index is 437. The second-order valence-electron chi connectivity index (χ2n) is 3.71. The summed E-state index contributed by atoms with van der Waals surface area (Å²) in [5.74, 6) is -0.128. The van der Waals surface area contributed by atoms with Crippen molar-refractivity contribution in [2.24, 2.45) is 0 Å². The van der Waals surface area contributed by atoms with E-state index < -0.39 is 4.92 Å². The minimum atomic E-state index is -0.542. The van der Waals surface area contributed by atoms with E-state index in [1.165, 1.54) is 12.1 Å². The maximum absolute atomic E-state index is 11.2. The minimum absolute atomic E-state index is 0.0314. The smallest absolute Gasteiger partial charge is 0.320 e. The van der Waals surface area contributed by atoms with Crippen molar-refractivity contribution in [3.8, 4) is 5.88 Å². The molecule has 0 fully saturated rings. The monoisotopic (exact) mass is 287 g/mol. The van der Waals surface area contributed by atoms with Crippen molar-refractivity contribution in [2.45, 2.75) is 20.0 Å². The minimum Gasteiger partial charge on any atom is -0.462 e. The lowest BCUT2D eigenvalue weighted by Crippen LogP contribution is -2.22. The van der Waals surface area contributed by atoms with Crippen LogP contribution in [-0.4, -0.2) is 28.5 Å². The molecule has 1 unspecified atom stereocenters. The summed E-state index contributed by atoms with van der Waals surface area (Å²) in [6, 6.07) is 2.68. The predicted octanol–water partition coefficient (Wildman–Crippen LogP) is 1.42. The van der Waals surface area contributed by atoms with E-state index in [4.69, 9.17) is 9.26 Å². The lowest BCUT2D eigenvalue weighted by atomic mass is 10.4. The molecule has 0 aliphatic carbocycles. The van der Waals surface area contributed by atoms with Crippen molar-refractivity contribution < 1.29 is 19.0 Å². The first-order valence-corrected chi connectivity index (χ1v) is 6.34. The van der Waals surface area contributed by atoms with Crippen molar-refractivity contribution in [1.82, 2.24) is 10.1 Å². The van der Waals surface area contributed by atoms with Crippen LogP contribution in [0.25, 0.3) is 0 Å². The fourth-order valence-corrected chi connectivity index (χ4v) is 1.56. The van der Waals surface area contributed by atoms with Crippen LogP contribution in [0.2, 0.25) is 0 Å². The molecule has 0 spiro atoms. The molecular weight excluding hydrogens is 273 g/mol. The van der Waals surface area contributed by atoms with Crippen LogP contribution in [-0.2, 0) is 9.53 Å². The van der Waals surface area contributed by atoms with Crippen LogP contribution in [0.1, 0.15) is 13.8 Å². The third kappa shape index (κ3) is 6.08. The topological polar surface area (TPSA) is 104 Å². The molecule has 1 aromatic heterocycles. The highest BCUT2D eigenvalue weighted by Crippen LogP contribution is 2.18. The molecule has 9 heteroatoms. The van der Waals surface area contributed by atoms with Gasteiger partial charge < -0.3 is 9.26 Å². The van der Waals surface area contributed by atoms with Gasteiger partial charge in [0.1, 0.15) is 15.2 Å². The van der Waals surface area contributed by atoms with Crippen molar-refractivity contribution in [3.63, 3.8) is 0 Å². The number of ether oxygens (including phenoxy) is 1. The van der Waals surface area contributed by atoms with Gasteiger partial charge in [-0.1, -0.05) is 0 Å². The SMILES string of the molecule is CC(C)OC(=O)CNPOc1ccc([N+](=O)[O-])cn1. The van der Waals surface area contributed by atoms with Gasteiger partial charge >= 0.3 is 5.97 Å². The van der Waals surface area contributed by atoms with Gasteiger partial charge in [-0.3, -0.25) is 20.0 Å². The van der Waals surface area contributed by atoms with E-state index in [0.717, 1.165) is 6.20 Å². The molecule has 1 aromatic rings. The van der Waals surface area contributed by atoms with Crippen molar-refractivity contribution in [1.29, 1.82) is 0 Å². The predicted molar refractivity (Wildman–Crippen MR) is 69.1 cm³/mol. The summed E-state index contributed by atoms with van der Waals surface area (Å²) < 4.78 is 10.1. The molecule has 104 valence electrons. The first-order chi connectivity index (χ1) is 8.99. The summed E-state index contributed by atoms with van der Waals surface area (Å²) in [6.07, 6.45) is 0.946. The number of aromatic nitrogens is 1. The highest BCUT2D eigenvalue weighted by Gasteiger charge is 2.07. The fourth-order valence-electron chi connectivity index (χ4n) is 1.04. The van der Waals surface area contributed by atoms with E-state index >= 15 is 0 Å². The van der Waals surface area contributed by atoms with Gasteiger partial charge in [0.05, 0.1) is 17.6 Å². The number of nitrogens with one attached hydrogen (secondary N) is 1. The lowest BCUT2D eigenvalue weighted by Gasteiger charge is -2.08. The van der Waals surface area contributed by atoms with Crippen LogP contribution >= 0.6 is 8.96 Å². The number of esters is 1. The molecule has 0 amide bonds. The average molecular weight is 287 g/mol. The molecule has 19 heavy (non-hydrogen) atoms. The second kappa shape index (κ2) is 7.60. The molecule has 0 aliphatic heterocycles. The Balaban J connectivity index is 2.26. The zero-order chi connectivity index (χ0) is 14.3. The van der Waals surface area contributed by atoms with Crippen LogP contribution in [0.3, 0.4) is 0 Å². The van der Waals surface area contributed by atoms with Gasteiger partial charge in [0, 0.05) is 12.1 Å². The molecule has 0 aromatic carbocycles. The van der Waals surface area contributed by atoms with E-state index in [1.807, 2.05) is 0 Å². The van der Waals surface area contributed by atoms with Crippen molar-refractivity contribution in [3.05, 3.63) is 28.4 Å². The zero-order valence-corrected chi connectivity index (χ0v) is 11.5. The van der Waals surface area contributed by atoms with E-state index in [0.29, 0.717) is 0 Å². The number of rotatable bonds is 7. The van der Waals surface area contributed by atoms with Gasteiger partial charge in [-0.25, -0.2) is 4.98 Å². The van der Waals surface area contributed by atoms with E-state index in [-0.39, 0.29) is 39.1 Å². The quantitative estimate of drug-likeness (QED) is 0.266. The summed E-state index contributed by atoms with van der Waals surface area (Å²) >= 11 is 0. The largest absolute Gasteiger partial charge is 0.462 e. The standard InChI is InChI=1S/C10H14N3O5P/c1-7(2)17-10(14)6-12-19-18-9-4-3-8(5-11-9)13(15)16/h3-5,7,12,19H,6H2,1-2H3. The van der Waals surface area contributed by atoms with Gasteiger partial charge in [-0.05, 0) is 13.8 Å².